The minimum Gasteiger partial charge on any atom is -0.378 e. The third-order valence-electron chi connectivity index (χ3n) is 5.56. The lowest BCUT2D eigenvalue weighted by atomic mass is 9.95. The highest BCUT2D eigenvalue weighted by Gasteiger charge is 2.34. The van der Waals surface area contributed by atoms with Crippen molar-refractivity contribution in [3.8, 4) is 0 Å². The first-order valence-electron chi connectivity index (χ1n) is 9.70. The maximum Gasteiger partial charge on any atom is 0.254 e. The molecule has 0 spiro atoms. The van der Waals surface area contributed by atoms with Crippen molar-refractivity contribution < 1.29 is 14.3 Å². The van der Waals surface area contributed by atoms with Crippen molar-refractivity contribution in [3.05, 3.63) is 71.3 Å². The molecule has 2 aromatic rings. The van der Waals surface area contributed by atoms with Crippen molar-refractivity contribution in [1.29, 1.82) is 0 Å². The van der Waals surface area contributed by atoms with Crippen molar-refractivity contribution >= 4 is 11.8 Å². The van der Waals surface area contributed by atoms with Gasteiger partial charge in [-0.05, 0) is 29.8 Å². The maximum absolute atomic E-state index is 12.9. The monoisotopic (exact) mass is 379 g/mol. The number of amides is 2. The Morgan fingerprint density at radius 2 is 1.39 bits per heavy atom. The standard InChI is InChI=1S/C22H25N3O3/c23-20-15-25(14-19(20)16-4-2-1-3-5-16)22(27)18-8-6-17(7-9-18)21(26)24-10-12-28-13-11-24/h1-9,19-20H,10-15,23H2/t19-,20+/m1/s1. The van der Waals surface area contributed by atoms with E-state index in [2.05, 4.69) is 12.1 Å². The molecule has 2 aliphatic heterocycles. The van der Waals surface area contributed by atoms with Gasteiger partial charge in [0.2, 0.25) is 0 Å². The summed E-state index contributed by atoms with van der Waals surface area (Å²) < 4.78 is 5.29. The molecule has 28 heavy (non-hydrogen) atoms. The summed E-state index contributed by atoms with van der Waals surface area (Å²) in [6.45, 7) is 3.49. The third-order valence-corrected chi connectivity index (χ3v) is 5.56. The summed E-state index contributed by atoms with van der Waals surface area (Å²) in [6.07, 6.45) is 0. The molecule has 2 amide bonds. The number of rotatable bonds is 3. The molecule has 0 bridgehead atoms. The Hall–Kier alpha value is -2.70. The molecule has 0 saturated carbocycles. The Morgan fingerprint density at radius 1 is 0.821 bits per heavy atom. The van der Waals surface area contributed by atoms with Gasteiger partial charge in [0.15, 0.2) is 0 Å². The molecule has 2 aliphatic rings. The Labute approximate surface area is 164 Å². The number of ether oxygens (including phenoxy) is 1. The fourth-order valence-electron chi connectivity index (χ4n) is 3.93. The highest BCUT2D eigenvalue weighted by atomic mass is 16.5. The van der Waals surface area contributed by atoms with Crippen molar-refractivity contribution in [2.75, 3.05) is 39.4 Å². The van der Waals surface area contributed by atoms with Gasteiger partial charge in [-0.1, -0.05) is 30.3 Å². The van der Waals surface area contributed by atoms with E-state index in [1.54, 1.807) is 34.1 Å². The molecule has 4 rings (SSSR count). The summed E-state index contributed by atoms with van der Waals surface area (Å²) in [4.78, 5) is 29.0. The first-order valence-corrected chi connectivity index (χ1v) is 9.70. The van der Waals surface area contributed by atoms with Crippen LogP contribution in [0.2, 0.25) is 0 Å². The van der Waals surface area contributed by atoms with Crippen LogP contribution in [-0.4, -0.2) is 67.0 Å². The first kappa shape index (κ1) is 18.7. The van der Waals surface area contributed by atoms with E-state index in [1.807, 2.05) is 18.2 Å². The van der Waals surface area contributed by atoms with Gasteiger partial charge < -0.3 is 20.3 Å². The van der Waals surface area contributed by atoms with E-state index in [9.17, 15) is 9.59 Å². The molecule has 6 nitrogen and oxygen atoms in total. The smallest absolute Gasteiger partial charge is 0.254 e. The van der Waals surface area contributed by atoms with Gasteiger partial charge >= 0.3 is 0 Å². The van der Waals surface area contributed by atoms with Crippen LogP contribution in [0.25, 0.3) is 0 Å². The number of likely N-dealkylation sites (tertiary alicyclic amines) is 1. The van der Waals surface area contributed by atoms with Gasteiger partial charge in [0, 0.05) is 49.3 Å². The normalized spacial score (nSPS) is 22.3. The van der Waals surface area contributed by atoms with Gasteiger partial charge in [0.25, 0.3) is 11.8 Å². The van der Waals surface area contributed by atoms with Crippen LogP contribution in [0, 0.1) is 0 Å². The second-order valence-electron chi connectivity index (χ2n) is 7.37. The van der Waals surface area contributed by atoms with Crippen LogP contribution in [0.5, 0.6) is 0 Å². The first-order chi connectivity index (χ1) is 13.6. The number of carbonyl (C=O) groups is 2. The van der Waals surface area contributed by atoms with E-state index in [1.165, 1.54) is 0 Å². The van der Waals surface area contributed by atoms with E-state index in [0.29, 0.717) is 50.5 Å². The van der Waals surface area contributed by atoms with E-state index in [4.69, 9.17) is 10.5 Å². The summed E-state index contributed by atoms with van der Waals surface area (Å²) in [5, 5.41) is 0. The van der Waals surface area contributed by atoms with Gasteiger partial charge in [0.05, 0.1) is 13.2 Å². The Kier molecular flexibility index (Phi) is 5.41. The number of hydrogen-bond acceptors (Lipinski definition) is 4. The zero-order valence-corrected chi connectivity index (χ0v) is 15.8. The quantitative estimate of drug-likeness (QED) is 0.881. The lowest BCUT2D eigenvalue weighted by molar-refractivity contribution is 0.0303. The van der Waals surface area contributed by atoms with Crippen LogP contribution in [0.3, 0.4) is 0 Å². The van der Waals surface area contributed by atoms with Crippen LogP contribution in [0.1, 0.15) is 32.2 Å². The van der Waals surface area contributed by atoms with Gasteiger partial charge in [-0.25, -0.2) is 0 Å². The summed E-state index contributed by atoms with van der Waals surface area (Å²) in [6, 6.07) is 16.9. The molecule has 0 aliphatic carbocycles. The minimum atomic E-state index is -0.0754. The van der Waals surface area contributed by atoms with Gasteiger partial charge in [-0.2, -0.15) is 0 Å². The fraction of sp³-hybridized carbons (Fsp3) is 0.364. The summed E-state index contributed by atoms with van der Waals surface area (Å²) in [5.74, 6) is 0.0845. The summed E-state index contributed by atoms with van der Waals surface area (Å²) in [7, 11) is 0. The van der Waals surface area contributed by atoms with Gasteiger partial charge in [-0.15, -0.1) is 0 Å². The fourth-order valence-corrected chi connectivity index (χ4v) is 3.93. The van der Waals surface area contributed by atoms with Crippen molar-refractivity contribution in [2.24, 2.45) is 5.73 Å². The molecule has 2 saturated heterocycles. The third kappa shape index (κ3) is 3.79. The van der Waals surface area contributed by atoms with Crippen LogP contribution >= 0.6 is 0 Å². The average molecular weight is 379 g/mol. The lowest BCUT2D eigenvalue weighted by Gasteiger charge is -2.27. The lowest BCUT2D eigenvalue weighted by Crippen LogP contribution is -2.40. The molecule has 0 radical (unpaired) electrons. The predicted octanol–water partition coefficient (Wildman–Crippen LogP) is 1.73. The highest BCUT2D eigenvalue weighted by Crippen LogP contribution is 2.27. The molecule has 0 aromatic heterocycles. The minimum absolute atomic E-state index is 0.0189. The molecule has 2 atom stereocenters. The highest BCUT2D eigenvalue weighted by molar-refractivity contribution is 5.98. The zero-order chi connectivity index (χ0) is 19.5. The molecule has 2 aromatic carbocycles. The Balaban J connectivity index is 1.43. The Morgan fingerprint density at radius 3 is 2.00 bits per heavy atom. The SMILES string of the molecule is N[C@H]1CN(C(=O)c2ccc(C(=O)N3CCOCC3)cc2)C[C@@H]1c1ccccc1. The molecule has 2 N–H and O–H groups in total. The van der Waals surface area contributed by atoms with Crippen LogP contribution in [0.15, 0.2) is 54.6 Å². The van der Waals surface area contributed by atoms with E-state index in [-0.39, 0.29) is 23.8 Å². The number of benzene rings is 2. The maximum atomic E-state index is 12.9. The topological polar surface area (TPSA) is 75.9 Å². The summed E-state index contributed by atoms with van der Waals surface area (Å²) >= 11 is 0. The van der Waals surface area contributed by atoms with Gasteiger partial charge in [-0.3, -0.25) is 9.59 Å². The Bertz CT molecular complexity index is 832. The molecule has 146 valence electrons. The van der Waals surface area contributed by atoms with E-state index >= 15 is 0 Å². The van der Waals surface area contributed by atoms with Crippen LogP contribution < -0.4 is 5.73 Å². The van der Waals surface area contributed by atoms with Crippen molar-refractivity contribution in [1.82, 2.24) is 9.80 Å². The molecule has 2 heterocycles. The number of nitrogens with two attached hydrogens (primary N) is 1. The zero-order valence-electron chi connectivity index (χ0n) is 15.8. The molecular formula is C22H25N3O3. The second kappa shape index (κ2) is 8.12. The average Bonchev–Trinajstić information content (AvgIpc) is 3.15. The molecule has 2 fully saturated rings. The molecular weight excluding hydrogens is 354 g/mol. The van der Waals surface area contributed by atoms with E-state index < -0.39 is 0 Å². The molecule has 6 heteroatoms. The number of nitrogens with zero attached hydrogens (tertiary/aromatic N) is 2. The number of carbonyl (C=O) groups excluding carboxylic acids is 2. The van der Waals surface area contributed by atoms with Crippen molar-refractivity contribution in [2.45, 2.75) is 12.0 Å². The van der Waals surface area contributed by atoms with E-state index in [0.717, 1.165) is 5.56 Å². The largest absolute Gasteiger partial charge is 0.378 e. The van der Waals surface area contributed by atoms with Crippen LogP contribution in [0.4, 0.5) is 0 Å². The number of hydrogen-bond donors (Lipinski definition) is 1. The summed E-state index contributed by atoms with van der Waals surface area (Å²) in [5.41, 5.74) is 8.65. The van der Waals surface area contributed by atoms with Crippen LogP contribution in [-0.2, 0) is 4.74 Å². The second-order valence-corrected chi connectivity index (χ2v) is 7.37. The number of morpholine rings is 1. The van der Waals surface area contributed by atoms with Crippen molar-refractivity contribution in [3.63, 3.8) is 0 Å². The van der Waals surface area contributed by atoms with Gasteiger partial charge in [0.1, 0.15) is 0 Å². The molecule has 0 unspecified atom stereocenters. The predicted molar refractivity (Wildman–Crippen MR) is 106 cm³/mol.